The Balaban J connectivity index is 1.10. The van der Waals surface area contributed by atoms with Gasteiger partial charge in [0.2, 0.25) is 5.69 Å². The van der Waals surface area contributed by atoms with Gasteiger partial charge >= 0.3 is 0 Å². The highest BCUT2D eigenvalue weighted by atomic mass is 16.3. The summed E-state index contributed by atoms with van der Waals surface area (Å²) in [6.45, 7) is 9.99. The molecule has 1 aliphatic carbocycles. The van der Waals surface area contributed by atoms with Gasteiger partial charge in [-0.25, -0.2) is 4.85 Å². The zero-order valence-corrected chi connectivity index (χ0v) is 44.1. The van der Waals surface area contributed by atoms with Crippen LogP contribution >= 0.6 is 0 Å². The first-order chi connectivity index (χ1) is 41.2. The number of para-hydroxylation sites is 7. The van der Waals surface area contributed by atoms with Crippen molar-refractivity contribution in [2.45, 2.75) is 6.42 Å². The zero-order chi connectivity index (χ0) is 54.3. The molecular formula is C75H40N6O2. The van der Waals surface area contributed by atoms with Crippen LogP contribution in [0.3, 0.4) is 0 Å². The second-order valence-electron chi connectivity index (χ2n) is 22.0. The smallest absolute Gasteiger partial charge is 0.237 e. The fourth-order valence-electron chi connectivity index (χ4n) is 14.8. The molecule has 0 aliphatic heterocycles. The summed E-state index contributed by atoms with van der Waals surface area (Å²) in [7, 11) is 0. The lowest BCUT2D eigenvalue weighted by Crippen LogP contribution is -2.14. The summed E-state index contributed by atoms with van der Waals surface area (Å²) in [6.07, 6.45) is 0.769. The minimum atomic E-state index is 0.321. The third-order valence-corrected chi connectivity index (χ3v) is 18.1. The van der Waals surface area contributed by atoms with Crippen LogP contribution < -0.4 is 0 Å². The summed E-state index contributed by atoms with van der Waals surface area (Å²) in [5.41, 5.74) is 18.3. The highest BCUT2D eigenvalue weighted by Gasteiger charge is 2.36. The lowest BCUT2D eigenvalue weighted by Gasteiger charge is -2.27. The van der Waals surface area contributed by atoms with Crippen molar-refractivity contribution in [1.29, 1.82) is 5.26 Å². The van der Waals surface area contributed by atoms with Crippen molar-refractivity contribution in [3.8, 4) is 39.9 Å². The standard InChI is InChI=1S/C75H40N6O2/c1-77-69-70(79-59-30-14-7-25-52(59)67-62(79)38-35-49-47-22-9-16-32-64(47)82-74(49)67)55(41-76)71(80-60-31-15-8-26-53(60)68-63(80)39-36-50-48-23-10-17-33-65(48)83-75(50)68)73(78-56-27-11-4-20-45(56)46-21-5-12-28-57(46)78)72(69)81-58-29-13-6-24-51(58)66-54-40-42-18-2-3-19-43(42)44(54)34-37-61(66)81/h2-39H,40H2. The van der Waals surface area contributed by atoms with Gasteiger partial charge < -0.3 is 27.1 Å². The lowest BCUT2D eigenvalue weighted by atomic mass is 10.0. The van der Waals surface area contributed by atoms with Crippen LogP contribution in [0, 0.1) is 17.9 Å². The highest BCUT2D eigenvalue weighted by Crippen LogP contribution is 2.54. The van der Waals surface area contributed by atoms with Crippen LogP contribution in [-0.2, 0) is 6.42 Å². The number of hydrogen-bond donors (Lipinski definition) is 0. The fourth-order valence-corrected chi connectivity index (χ4v) is 14.8. The third-order valence-electron chi connectivity index (χ3n) is 18.1. The molecule has 0 amide bonds. The molecule has 382 valence electrons. The van der Waals surface area contributed by atoms with E-state index >= 15 is 0 Å². The number of aromatic nitrogens is 4. The molecule has 0 unspecified atom stereocenters. The molecule has 0 N–H and O–H groups in total. The minimum Gasteiger partial charge on any atom is -0.455 e. The molecule has 0 radical (unpaired) electrons. The number of benzene rings is 12. The first-order valence-corrected chi connectivity index (χ1v) is 28.0. The first kappa shape index (κ1) is 44.3. The first-order valence-electron chi connectivity index (χ1n) is 28.0. The quantitative estimate of drug-likeness (QED) is 0.165. The molecule has 0 bridgehead atoms. The SMILES string of the molecule is [C-]#[N+]c1c(-n2c3ccccc3c3c4c(ccc32)-c2ccccc2C4)c(-n2c3ccccc3c3ccccc32)c(-n2c3ccccc3c3c4oc5ccccc5c4ccc32)c(C#N)c1-n1c2ccccc2c2c3oc4ccccc4c3ccc21. The molecule has 8 nitrogen and oxygen atoms in total. The molecule has 6 heterocycles. The van der Waals surface area contributed by atoms with Crippen molar-refractivity contribution >= 4 is 137 Å². The van der Waals surface area contributed by atoms with E-state index in [0.29, 0.717) is 34.0 Å². The summed E-state index contributed by atoms with van der Waals surface area (Å²) in [4.78, 5) is 4.86. The Labute approximate surface area is 471 Å². The molecule has 12 aromatic carbocycles. The van der Waals surface area contributed by atoms with E-state index < -0.39 is 0 Å². The van der Waals surface area contributed by atoms with E-state index in [-0.39, 0.29) is 0 Å². The summed E-state index contributed by atoms with van der Waals surface area (Å²) in [5, 5.41) is 24.9. The van der Waals surface area contributed by atoms with Crippen molar-refractivity contribution in [3.05, 3.63) is 259 Å². The van der Waals surface area contributed by atoms with Crippen LogP contribution in [0.15, 0.2) is 239 Å². The Morgan fingerprint density at radius 3 is 1.30 bits per heavy atom. The van der Waals surface area contributed by atoms with Gasteiger partial charge in [-0.05, 0) is 101 Å². The van der Waals surface area contributed by atoms with Crippen molar-refractivity contribution in [2.24, 2.45) is 0 Å². The van der Waals surface area contributed by atoms with Crippen LogP contribution in [0.2, 0.25) is 0 Å². The topological polar surface area (TPSA) is 74.2 Å². The van der Waals surface area contributed by atoms with Crippen molar-refractivity contribution < 1.29 is 8.83 Å². The number of rotatable bonds is 4. The van der Waals surface area contributed by atoms with Crippen LogP contribution in [-0.4, -0.2) is 18.3 Å². The minimum absolute atomic E-state index is 0.321. The maximum absolute atomic E-state index is 12.8. The zero-order valence-electron chi connectivity index (χ0n) is 44.1. The number of nitriles is 1. The van der Waals surface area contributed by atoms with Crippen LogP contribution in [0.1, 0.15) is 16.7 Å². The van der Waals surface area contributed by atoms with Gasteiger partial charge in [-0.2, -0.15) is 5.26 Å². The average Bonchev–Trinajstić information content (AvgIpc) is 1.77. The van der Waals surface area contributed by atoms with E-state index in [1.807, 2.05) is 36.4 Å². The molecule has 0 spiro atoms. The lowest BCUT2D eigenvalue weighted by molar-refractivity contribution is 0.672. The van der Waals surface area contributed by atoms with Gasteiger partial charge in [0.1, 0.15) is 28.4 Å². The Hall–Kier alpha value is -11.6. The monoisotopic (exact) mass is 1060 g/mol. The maximum Gasteiger partial charge on any atom is 0.237 e. The molecule has 1 aliphatic rings. The van der Waals surface area contributed by atoms with Crippen LogP contribution in [0.5, 0.6) is 0 Å². The Morgan fingerprint density at radius 2 is 0.759 bits per heavy atom. The van der Waals surface area contributed by atoms with Crippen LogP contribution in [0.25, 0.3) is 170 Å². The van der Waals surface area contributed by atoms with Gasteiger partial charge in [0.25, 0.3) is 0 Å². The van der Waals surface area contributed by atoms with E-state index in [0.717, 1.165) is 138 Å². The molecule has 8 heteroatoms. The predicted molar refractivity (Wildman–Crippen MR) is 338 cm³/mol. The molecule has 19 rings (SSSR count). The summed E-state index contributed by atoms with van der Waals surface area (Å²) >= 11 is 0. The van der Waals surface area contributed by atoms with Crippen molar-refractivity contribution in [1.82, 2.24) is 18.3 Å². The molecule has 6 aromatic heterocycles. The van der Waals surface area contributed by atoms with E-state index in [2.05, 4.69) is 218 Å². The average molecular weight is 1060 g/mol. The van der Waals surface area contributed by atoms with Gasteiger partial charge in [-0.3, -0.25) is 0 Å². The molecule has 0 saturated heterocycles. The van der Waals surface area contributed by atoms with Gasteiger partial charge in [0.15, 0.2) is 0 Å². The van der Waals surface area contributed by atoms with E-state index in [1.165, 1.54) is 22.3 Å². The van der Waals surface area contributed by atoms with Crippen LogP contribution in [0.4, 0.5) is 5.69 Å². The summed E-state index contributed by atoms with van der Waals surface area (Å²) in [6, 6.07) is 83.8. The molecule has 0 fully saturated rings. The summed E-state index contributed by atoms with van der Waals surface area (Å²) < 4.78 is 23.0. The molecule has 83 heavy (non-hydrogen) atoms. The van der Waals surface area contributed by atoms with E-state index in [1.54, 1.807) is 0 Å². The Kier molecular flexibility index (Phi) is 8.56. The van der Waals surface area contributed by atoms with Gasteiger partial charge in [-0.15, -0.1) is 0 Å². The number of hydrogen-bond acceptors (Lipinski definition) is 3. The Morgan fingerprint density at radius 1 is 0.349 bits per heavy atom. The fraction of sp³-hybridized carbons (Fsp3) is 0.0133. The second-order valence-corrected chi connectivity index (χ2v) is 22.0. The predicted octanol–water partition coefficient (Wildman–Crippen LogP) is 19.9. The third kappa shape index (κ3) is 5.56. The Bertz CT molecular complexity index is 6020. The largest absolute Gasteiger partial charge is 0.455 e. The van der Waals surface area contributed by atoms with Crippen molar-refractivity contribution in [2.75, 3.05) is 0 Å². The highest BCUT2D eigenvalue weighted by molar-refractivity contribution is 6.27. The van der Waals surface area contributed by atoms with E-state index in [4.69, 9.17) is 13.7 Å². The summed E-state index contributed by atoms with van der Waals surface area (Å²) in [5.74, 6) is 0. The number of fused-ring (bicyclic) bond motifs is 24. The second kappa shape index (κ2) is 16.0. The van der Waals surface area contributed by atoms with Gasteiger partial charge in [0, 0.05) is 53.9 Å². The molecule has 18 aromatic rings. The van der Waals surface area contributed by atoms with Crippen molar-refractivity contribution in [3.63, 3.8) is 0 Å². The number of nitrogens with zero attached hydrogens (tertiary/aromatic N) is 6. The van der Waals surface area contributed by atoms with E-state index in [9.17, 15) is 11.8 Å². The van der Waals surface area contributed by atoms with Gasteiger partial charge in [0.05, 0.1) is 89.8 Å². The molecule has 0 saturated carbocycles. The maximum atomic E-state index is 12.8. The molecular weight excluding hydrogens is 1020 g/mol. The molecule has 0 atom stereocenters. The normalized spacial score (nSPS) is 12.5. The van der Waals surface area contributed by atoms with Gasteiger partial charge in [-0.1, -0.05) is 158 Å². The number of furan rings is 2.